The first-order chi connectivity index (χ1) is 11.7. The van der Waals surface area contributed by atoms with Crippen molar-refractivity contribution in [3.63, 3.8) is 0 Å². The minimum atomic E-state index is -3.54. The summed E-state index contributed by atoms with van der Waals surface area (Å²) in [7, 11) is -3.54. The van der Waals surface area contributed by atoms with Crippen molar-refractivity contribution in [2.75, 3.05) is 19.6 Å². The van der Waals surface area contributed by atoms with Gasteiger partial charge in [-0.15, -0.1) is 0 Å². The molecule has 1 fully saturated rings. The van der Waals surface area contributed by atoms with Crippen LogP contribution in [0.3, 0.4) is 0 Å². The Bertz CT molecular complexity index is 711. The van der Waals surface area contributed by atoms with Gasteiger partial charge in [-0.05, 0) is 55.9 Å². The van der Waals surface area contributed by atoms with Gasteiger partial charge in [-0.2, -0.15) is 4.31 Å². The Morgan fingerprint density at radius 1 is 1.32 bits per heavy atom. The van der Waals surface area contributed by atoms with E-state index < -0.39 is 10.0 Å². The highest BCUT2D eigenvalue weighted by molar-refractivity contribution is 7.89. The number of hydrogen-bond acceptors (Lipinski definition) is 3. The second-order valence-corrected chi connectivity index (χ2v) is 9.41. The van der Waals surface area contributed by atoms with E-state index in [0.717, 1.165) is 12.0 Å². The molecule has 0 spiro atoms. The van der Waals surface area contributed by atoms with Crippen molar-refractivity contribution in [3.8, 4) is 0 Å². The molecule has 0 atom stereocenters. The van der Waals surface area contributed by atoms with Gasteiger partial charge in [0.15, 0.2) is 0 Å². The van der Waals surface area contributed by atoms with Crippen LogP contribution in [-0.2, 0) is 14.8 Å². The number of hydrogen-bond donors (Lipinski definition) is 1. The number of rotatable bonds is 6. The zero-order chi connectivity index (χ0) is 18.6. The number of nitrogens with zero attached hydrogens (tertiary/aromatic N) is 1. The first-order valence-corrected chi connectivity index (χ1v) is 10.6. The summed E-state index contributed by atoms with van der Waals surface area (Å²) in [5.41, 5.74) is 0.738. The maximum atomic E-state index is 12.8. The predicted octanol–water partition coefficient (Wildman–Crippen LogP) is 3.21. The Kier molecular flexibility index (Phi) is 6.88. The van der Waals surface area contributed by atoms with E-state index in [0.29, 0.717) is 43.4 Å². The lowest BCUT2D eigenvalue weighted by Crippen LogP contribution is -2.43. The molecule has 1 heterocycles. The van der Waals surface area contributed by atoms with E-state index in [1.807, 2.05) is 0 Å². The molecular formula is C18H27ClN2O3S. The van der Waals surface area contributed by atoms with Crippen LogP contribution in [0, 0.1) is 18.8 Å². The minimum Gasteiger partial charge on any atom is -0.356 e. The van der Waals surface area contributed by atoms with Crippen molar-refractivity contribution in [2.24, 2.45) is 11.8 Å². The molecule has 7 heteroatoms. The van der Waals surface area contributed by atoms with Crippen molar-refractivity contribution in [2.45, 2.75) is 44.9 Å². The molecule has 0 unspecified atom stereocenters. The van der Waals surface area contributed by atoms with Crippen LogP contribution in [0.4, 0.5) is 0 Å². The molecule has 140 valence electrons. The van der Waals surface area contributed by atoms with Gasteiger partial charge in [0.25, 0.3) is 0 Å². The summed E-state index contributed by atoms with van der Waals surface area (Å²) in [5.74, 6) is 0.487. The summed E-state index contributed by atoms with van der Waals surface area (Å²) in [6, 6.07) is 4.75. The van der Waals surface area contributed by atoms with Gasteiger partial charge in [0.05, 0.1) is 4.90 Å². The van der Waals surface area contributed by atoms with Crippen LogP contribution >= 0.6 is 11.6 Å². The van der Waals surface area contributed by atoms with E-state index in [9.17, 15) is 13.2 Å². The fraction of sp³-hybridized carbons (Fsp3) is 0.611. The van der Waals surface area contributed by atoms with Crippen LogP contribution in [0.1, 0.15) is 38.7 Å². The van der Waals surface area contributed by atoms with E-state index in [1.54, 1.807) is 19.1 Å². The molecule has 0 aromatic heterocycles. The number of benzene rings is 1. The van der Waals surface area contributed by atoms with E-state index >= 15 is 0 Å². The highest BCUT2D eigenvalue weighted by Crippen LogP contribution is 2.26. The monoisotopic (exact) mass is 386 g/mol. The summed E-state index contributed by atoms with van der Waals surface area (Å²) in [6.45, 7) is 7.44. The zero-order valence-corrected chi connectivity index (χ0v) is 16.7. The lowest BCUT2D eigenvalue weighted by Gasteiger charge is -2.30. The van der Waals surface area contributed by atoms with Crippen molar-refractivity contribution in [1.29, 1.82) is 0 Å². The number of nitrogens with one attached hydrogen (secondary N) is 1. The number of amides is 1. The molecule has 1 aromatic carbocycles. The minimum absolute atomic E-state index is 0.0417. The van der Waals surface area contributed by atoms with Crippen LogP contribution in [0.2, 0.25) is 5.02 Å². The average molecular weight is 387 g/mol. The molecule has 1 N–H and O–H groups in total. The molecule has 2 rings (SSSR count). The molecule has 0 saturated carbocycles. The van der Waals surface area contributed by atoms with Gasteiger partial charge in [-0.3, -0.25) is 4.79 Å². The van der Waals surface area contributed by atoms with Crippen LogP contribution < -0.4 is 5.32 Å². The van der Waals surface area contributed by atoms with Crippen LogP contribution in [0.25, 0.3) is 0 Å². The maximum Gasteiger partial charge on any atom is 0.243 e. The molecule has 5 nitrogen and oxygen atoms in total. The Labute approximate surface area is 155 Å². The van der Waals surface area contributed by atoms with Gasteiger partial charge in [-0.1, -0.05) is 25.4 Å². The van der Waals surface area contributed by atoms with Crippen molar-refractivity contribution >= 4 is 27.5 Å². The first kappa shape index (κ1) is 20.2. The lowest BCUT2D eigenvalue weighted by molar-refractivity contribution is -0.126. The Balaban J connectivity index is 1.94. The summed E-state index contributed by atoms with van der Waals surface area (Å²) in [6.07, 6.45) is 2.06. The molecular weight excluding hydrogens is 360 g/mol. The highest BCUT2D eigenvalue weighted by atomic mass is 35.5. The number of halogens is 1. The average Bonchev–Trinajstić information content (AvgIpc) is 2.57. The number of sulfonamides is 1. The maximum absolute atomic E-state index is 12.8. The molecule has 0 bridgehead atoms. The van der Waals surface area contributed by atoms with Gasteiger partial charge in [0, 0.05) is 30.6 Å². The second-order valence-electron chi connectivity index (χ2n) is 7.06. The normalized spacial score (nSPS) is 17.0. The lowest BCUT2D eigenvalue weighted by atomic mass is 9.97. The second kappa shape index (κ2) is 8.52. The molecule has 1 aliphatic rings. The van der Waals surface area contributed by atoms with Crippen LogP contribution in [-0.4, -0.2) is 38.3 Å². The standard InChI is InChI=1S/C18H27ClN2O3S/c1-13(2)6-9-20-18(22)15-7-10-21(11-8-15)25(23,24)16-4-5-17(19)14(3)12-16/h4-5,12-13,15H,6-11H2,1-3H3,(H,20,22). The number of carbonyl (C=O) groups excluding carboxylic acids is 1. The van der Waals surface area contributed by atoms with Gasteiger partial charge >= 0.3 is 0 Å². The number of piperidine rings is 1. The highest BCUT2D eigenvalue weighted by Gasteiger charge is 2.32. The van der Waals surface area contributed by atoms with Gasteiger partial charge in [0.1, 0.15) is 0 Å². The van der Waals surface area contributed by atoms with E-state index in [-0.39, 0.29) is 16.7 Å². The third kappa shape index (κ3) is 5.19. The summed E-state index contributed by atoms with van der Waals surface area (Å²) < 4.78 is 27.0. The van der Waals surface area contributed by atoms with Crippen LogP contribution in [0.15, 0.2) is 23.1 Å². The first-order valence-electron chi connectivity index (χ1n) is 8.76. The quantitative estimate of drug-likeness (QED) is 0.816. The van der Waals surface area contributed by atoms with E-state index in [4.69, 9.17) is 11.6 Å². The molecule has 0 radical (unpaired) electrons. The zero-order valence-electron chi connectivity index (χ0n) is 15.1. The van der Waals surface area contributed by atoms with E-state index in [1.165, 1.54) is 10.4 Å². The van der Waals surface area contributed by atoms with Gasteiger partial charge in [-0.25, -0.2) is 8.42 Å². The number of carbonyl (C=O) groups is 1. The topological polar surface area (TPSA) is 66.5 Å². The fourth-order valence-electron chi connectivity index (χ4n) is 2.91. The van der Waals surface area contributed by atoms with Crippen molar-refractivity contribution in [1.82, 2.24) is 9.62 Å². The molecule has 1 amide bonds. The fourth-order valence-corrected chi connectivity index (χ4v) is 4.59. The van der Waals surface area contributed by atoms with Gasteiger partial charge < -0.3 is 5.32 Å². The molecule has 0 aliphatic carbocycles. The van der Waals surface area contributed by atoms with Crippen LogP contribution in [0.5, 0.6) is 0 Å². The largest absolute Gasteiger partial charge is 0.356 e. The Hall–Kier alpha value is -1.11. The Morgan fingerprint density at radius 3 is 2.52 bits per heavy atom. The van der Waals surface area contributed by atoms with E-state index in [2.05, 4.69) is 19.2 Å². The summed E-state index contributed by atoms with van der Waals surface area (Å²) in [4.78, 5) is 12.5. The molecule has 1 aliphatic heterocycles. The smallest absolute Gasteiger partial charge is 0.243 e. The molecule has 25 heavy (non-hydrogen) atoms. The van der Waals surface area contributed by atoms with Crippen molar-refractivity contribution in [3.05, 3.63) is 28.8 Å². The third-order valence-corrected chi connectivity index (χ3v) is 6.93. The third-order valence-electron chi connectivity index (χ3n) is 4.61. The SMILES string of the molecule is Cc1cc(S(=O)(=O)N2CCC(C(=O)NCCC(C)C)CC2)ccc1Cl. The summed E-state index contributed by atoms with van der Waals surface area (Å²) >= 11 is 5.98. The summed E-state index contributed by atoms with van der Waals surface area (Å²) in [5, 5.41) is 3.51. The molecule has 1 aromatic rings. The van der Waals surface area contributed by atoms with Gasteiger partial charge in [0.2, 0.25) is 15.9 Å². The molecule has 1 saturated heterocycles. The Morgan fingerprint density at radius 2 is 1.96 bits per heavy atom. The van der Waals surface area contributed by atoms with Crippen molar-refractivity contribution < 1.29 is 13.2 Å². The predicted molar refractivity (Wildman–Crippen MR) is 100 cm³/mol. The number of aryl methyl sites for hydroxylation is 1.